The number of carboxylic acid groups (broad SMARTS) is 1. The minimum absolute atomic E-state index is 0.359. The van der Waals surface area contributed by atoms with E-state index >= 15 is 0 Å². The van der Waals surface area contributed by atoms with Crippen molar-refractivity contribution in [3.63, 3.8) is 0 Å². The molecular formula is C20H21NO3. The molecule has 0 amide bonds. The normalized spacial score (nSPS) is 15.9. The summed E-state index contributed by atoms with van der Waals surface area (Å²) in [7, 11) is 0. The highest BCUT2D eigenvalue weighted by Crippen LogP contribution is 2.43. The van der Waals surface area contributed by atoms with E-state index in [0.717, 1.165) is 27.7 Å². The fourth-order valence-corrected chi connectivity index (χ4v) is 4.11. The van der Waals surface area contributed by atoms with Gasteiger partial charge in [-0.3, -0.25) is 0 Å². The molecule has 0 spiro atoms. The summed E-state index contributed by atoms with van der Waals surface area (Å²) in [5.41, 5.74) is 5.53. The van der Waals surface area contributed by atoms with Gasteiger partial charge in [-0.2, -0.15) is 0 Å². The molecule has 1 aromatic carbocycles. The van der Waals surface area contributed by atoms with Gasteiger partial charge < -0.3 is 14.5 Å². The molecule has 0 radical (unpaired) electrons. The Balaban J connectivity index is 1.98. The first-order chi connectivity index (χ1) is 11.7. The number of carboxylic acids is 1. The highest BCUT2D eigenvalue weighted by molar-refractivity contribution is 6.00. The number of aromatic amines is 1. The first kappa shape index (κ1) is 15.1. The third kappa shape index (κ3) is 2.33. The van der Waals surface area contributed by atoms with Crippen molar-refractivity contribution in [2.75, 3.05) is 0 Å². The first-order valence-corrected chi connectivity index (χ1v) is 8.58. The monoisotopic (exact) mass is 323 g/mol. The standard InChI is InChI=1S/C20H21NO3/c1-12-15(20(22)23)7-8-16-17(13-5-3-2-4-6-13)19(21-18(12)16)14-9-10-24-11-14/h7-11,13,21H,2-6H2,1H3,(H,22,23). The molecule has 1 saturated carbocycles. The molecule has 24 heavy (non-hydrogen) atoms. The van der Waals surface area contributed by atoms with Crippen molar-refractivity contribution in [2.45, 2.75) is 44.9 Å². The SMILES string of the molecule is Cc1c(C(=O)O)ccc2c(C3CCCCC3)c(-c3ccoc3)[nH]c12. The average molecular weight is 323 g/mol. The summed E-state index contributed by atoms with van der Waals surface area (Å²) >= 11 is 0. The molecule has 0 saturated heterocycles. The number of rotatable bonds is 3. The van der Waals surface area contributed by atoms with E-state index in [1.807, 2.05) is 19.1 Å². The van der Waals surface area contributed by atoms with Crippen LogP contribution in [0.1, 0.15) is 59.5 Å². The van der Waals surface area contributed by atoms with Gasteiger partial charge in [0.05, 0.1) is 23.8 Å². The lowest BCUT2D eigenvalue weighted by Crippen LogP contribution is -2.05. The summed E-state index contributed by atoms with van der Waals surface area (Å²) in [4.78, 5) is 15.0. The van der Waals surface area contributed by atoms with E-state index in [4.69, 9.17) is 4.42 Å². The first-order valence-electron chi connectivity index (χ1n) is 8.58. The maximum absolute atomic E-state index is 11.5. The van der Waals surface area contributed by atoms with E-state index in [1.54, 1.807) is 18.6 Å². The number of aromatic carboxylic acids is 1. The third-order valence-electron chi connectivity index (χ3n) is 5.33. The van der Waals surface area contributed by atoms with Crippen LogP contribution in [0.15, 0.2) is 35.1 Å². The van der Waals surface area contributed by atoms with Crippen LogP contribution >= 0.6 is 0 Å². The van der Waals surface area contributed by atoms with Crippen molar-refractivity contribution in [3.8, 4) is 11.3 Å². The van der Waals surface area contributed by atoms with Crippen molar-refractivity contribution in [3.05, 3.63) is 47.4 Å². The van der Waals surface area contributed by atoms with Crippen molar-refractivity contribution in [1.29, 1.82) is 0 Å². The Hall–Kier alpha value is -2.49. The maximum atomic E-state index is 11.5. The molecule has 0 atom stereocenters. The van der Waals surface area contributed by atoms with Crippen molar-refractivity contribution < 1.29 is 14.3 Å². The molecule has 2 heterocycles. The van der Waals surface area contributed by atoms with Crippen molar-refractivity contribution >= 4 is 16.9 Å². The molecule has 1 fully saturated rings. The summed E-state index contributed by atoms with van der Waals surface area (Å²) in [6, 6.07) is 5.67. The number of carbonyl (C=O) groups is 1. The molecule has 3 aromatic rings. The Bertz CT molecular complexity index is 883. The Morgan fingerprint density at radius 2 is 2.00 bits per heavy atom. The summed E-state index contributed by atoms with van der Waals surface area (Å²) in [6.45, 7) is 1.88. The van der Waals surface area contributed by atoms with Crippen molar-refractivity contribution in [2.24, 2.45) is 0 Å². The summed E-state index contributed by atoms with van der Waals surface area (Å²) in [5, 5.41) is 10.6. The molecule has 0 unspecified atom stereocenters. The molecule has 2 N–H and O–H groups in total. The molecule has 4 nitrogen and oxygen atoms in total. The zero-order valence-electron chi connectivity index (χ0n) is 13.8. The van der Waals surface area contributed by atoms with E-state index in [2.05, 4.69) is 4.98 Å². The summed E-state index contributed by atoms with van der Waals surface area (Å²) < 4.78 is 5.29. The number of H-pyrrole nitrogens is 1. The number of furan rings is 1. The van der Waals surface area contributed by atoms with Gasteiger partial charge in [-0.1, -0.05) is 25.3 Å². The largest absolute Gasteiger partial charge is 0.478 e. The van der Waals surface area contributed by atoms with Gasteiger partial charge in [0.1, 0.15) is 0 Å². The lowest BCUT2D eigenvalue weighted by atomic mass is 9.82. The minimum atomic E-state index is -0.881. The molecule has 4 rings (SSSR count). The molecular weight excluding hydrogens is 302 g/mol. The van der Waals surface area contributed by atoms with Crippen LogP contribution in [0.5, 0.6) is 0 Å². The number of aryl methyl sites for hydroxylation is 1. The molecule has 0 bridgehead atoms. The molecule has 2 aromatic heterocycles. The zero-order valence-corrected chi connectivity index (χ0v) is 13.8. The second-order valence-corrected chi connectivity index (χ2v) is 6.73. The molecule has 0 aliphatic heterocycles. The second-order valence-electron chi connectivity index (χ2n) is 6.73. The van der Waals surface area contributed by atoms with E-state index in [9.17, 15) is 9.90 Å². The van der Waals surface area contributed by atoms with Gasteiger partial charge in [0.2, 0.25) is 0 Å². The Morgan fingerprint density at radius 3 is 2.67 bits per heavy atom. The van der Waals surface area contributed by atoms with Crippen LogP contribution in [0.2, 0.25) is 0 Å². The quantitative estimate of drug-likeness (QED) is 0.670. The van der Waals surface area contributed by atoms with Gasteiger partial charge in [0, 0.05) is 16.5 Å². The number of hydrogen-bond donors (Lipinski definition) is 2. The Morgan fingerprint density at radius 1 is 1.21 bits per heavy atom. The topological polar surface area (TPSA) is 66.2 Å². The van der Waals surface area contributed by atoms with E-state index in [-0.39, 0.29) is 0 Å². The Kier molecular flexibility index (Phi) is 3.68. The van der Waals surface area contributed by atoms with Gasteiger partial charge in [-0.05, 0) is 48.9 Å². The van der Waals surface area contributed by atoms with Crippen LogP contribution in [-0.2, 0) is 0 Å². The van der Waals surface area contributed by atoms with Crippen LogP contribution in [0.4, 0.5) is 0 Å². The fraction of sp³-hybridized carbons (Fsp3) is 0.350. The fourth-order valence-electron chi connectivity index (χ4n) is 4.11. The van der Waals surface area contributed by atoms with Crippen LogP contribution in [-0.4, -0.2) is 16.1 Å². The maximum Gasteiger partial charge on any atom is 0.336 e. The smallest absolute Gasteiger partial charge is 0.336 e. The number of hydrogen-bond acceptors (Lipinski definition) is 2. The minimum Gasteiger partial charge on any atom is -0.478 e. The third-order valence-corrected chi connectivity index (χ3v) is 5.33. The summed E-state index contributed by atoms with van der Waals surface area (Å²) in [6.07, 6.45) is 9.64. The number of benzene rings is 1. The predicted molar refractivity (Wildman–Crippen MR) is 93.5 cm³/mol. The number of nitrogens with one attached hydrogen (secondary N) is 1. The van der Waals surface area contributed by atoms with Gasteiger partial charge in [-0.15, -0.1) is 0 Å². The molecule has 1 aliphatic rings. The molecule has 124 valence electrons. The van der Waals surface area contributed by atoms with Crippen molar-refractivity contribution in [1.82, 2.24) is 4.98 Å². The predicted octanol–water partition coefficient (Wildman–Crippen LogP) is 5.48. The van der Waals surface area contributed by atoms with Crippen LogP contribution in [0, 0.1) is 6.92 Å². The summed E-state index contributed by atoms with van der Waals surface area (Å²) in [5.74, 6) is -0.361. The zero-order chi connectivity index (χ0) is 16.7. The van der Waals surface area contributed by atoms with E-state index in [1.165, 1.54) is 37.7 Å². The second kappa shape index (κ2) is 5.86. The van der Waals surface area contributed by atoms with E-state index < -0.39 is 5.97 Å². The molecule has 4 heteroatoms. The average Bonchev–Trinajstić information content (AvgIpc) is 3.23. The van der Waals surface area contributed by atoms with Gasteiger partial charge >= 0.3 is 5.97 Å². The Labute approximate surface area is 140 Å². The number of fused-ring (bicyclic) bond motifs is 1. The lowest BCUT2D eigenvalue weighted by Gasteiger charge is -2.22. The highest BCUT2D eigenvalue weighted by Gasteiger charge is 2.25. The highest BCUT2D eigenvalue weighted by atomic mass is 16.4. The molecule has 1 aliphatic carbocycles. The van der Waals surface area contributed by atoms with Gasteiger partial charge in [0.25, 0.3) is 0 Å². The van der Waals surface area contributed by atoms with Crippen LogP contribution < -0.4 is 0 Å². The lowest BCUT2D eigenvalue weighted by molar-refractivity contribution is 0.0696. The van der Waals surface area contributed by atoms with Crippen LogP contribution in [0.3, 0.4) is 0 Å². The van der Waals surface area contributed by atoms with Gasteiger partial charge in [0.15, 0.2) is 0 Å². The number of aromatic nitrogens is 1. The van der Waals surface area contributed by atoms with Gasteiger partial charge in [-0.25, -0.2) is 4.79 Å². The van der Waals surface area contributed by atoms with E-state index in [0.29, 0.717) is 11.5 Å². The van der Waals surface area contributed by atoms with Crippen LogP contribution in [0.25, 0.3) is 22.2 Å².